The van der Waals surface area contributed by atoms with E-state index < -0.39 is 4.92 Å². The molecule has 192 valence electrons. The maximum Gasteiger partial charge on any atom is 0.269 e. The standard InChI is InChI=1S/C28H25N5O4S/c34-33(35)22-6-4-19(5-7-22)24-12-13-25(37-24)27-26(23-3-1-2-14-29-23)30-28(38)32(27)21-10-8-20(9-11-21)31-15-17-36-18-16-31/h1-14,26-27H,15-18H2,(H,30,38)/t26-,27+/m1/s1. The second-order valence-corrected chi connectivity index (χ2v) is 9.51. The van der Waals surface area contributed by atoms with E-state index in [0.29, 0.717) is 16.6 Å². The number of nitrogens with zero attached hydrogens (tertiary/aromatic N) is 4. The summed E-state index contributed by atoms with van der Waals surface area (Å²) < 4.78 is 11.8. The molecule has 0 aliphatic carbocycles. The maximum atomic E-state index is 11.1. The van der Waals surface area contributed by atoms with Gasteiger partial charge in [-0.15, -0.1) is 0 Å². The van der Waals surface area contributed by atoms with Crippen molar-refractivity contribution >= 4 is 34.4 Å². The molecule has 9 nitrogen and oxygen atoms in total. The molecular weight excluding hydrogens is 502 g/mol. The first kappa shape index (κ1) is 24.1. The van der Waals surface area contributed by atoms with Gasteiger partial charge in [0.2, 0.25) is 0 Å². The summed E-state index contributed by atoms with van der Waals surface area (Å²) in [7, 11) is 0. The highest BCUT2D eigenvalue weighted by molar-refractivity contribution is 7.80. The molecule has 4 heterocycles. The third kappa shape index (κ3) is 4.59. The molecule has 4 aromatic rings. The van der Waals surface area contributed by atoms with Gasteiger partial charge in [0.1, 0.15) is 17.6 Å². The van der Waals surface area contributed by atoms with Gasteiger partial charge in [0, 0.05) is 48.4 Å². The van der Waals surface area contributed by atoms with E-state index in [2.05, 4.69) is 44.4 Å². The summed E-state index contributed by atoms with van der Waals surface area (Å²) in [6, 6.07) is 23.8. The van der Waals surface area contributed by atoms with Crippen LogP contribution in [-0.2, 0) is 4.74 Å². The molecule has 2 atom stereocenters. The van der Waals surface area contributed by atoms with Crippen LogP contribution in [0.1, 0.15) is 23.5 Å². The van der Waals surface area contributed by atoms with Gasteiger partial charge in [-0.05, 0) is 72.9 Å². The van der Waals surface area contributed by atoms with Gasteiger partial charge in [-0.3, -0.25) is 15.1 Å². The number of rotatable bonds is 6. The number of nitrogens with one attached hydrogen (secondary N) is 1. The van der Waals surface area contributed by atoms with Crippen molar-refractivity contribution in [3.05, 3.63) is 107 Å². The summed E-state index contributed by atoms with van der Waals surface area (Å²) >= 11 is 5.83. The summed E-state index contributed by atoms with van der Waals surface area (Å²) in [5.74, 6) is 1.33. The van der Waals surface area contributed by atoms with E-state index in [-0.39, 0.29) is 17.8 Å². The van der Waals surface area contributed by atoms with E-state index in [9.17, 15) is 10.1 Å². The molecule has 2 aliphatic rings. The quantitative estimate of drug-likeness (QED) is 0.204. The van der Waals surface area contributed by atoms with Crippen LogP contribution in [0.2, 0.25) is 0 Å². The van der Waals surface area contributed by atoms with Crippen LogP contribution in [0.4, 0.5) is 17.1 Å². The highest BCUT2D eigenvalue weighted by Gasteiger charge is 2.42. The number of nitro groups is 1. The number of anilines is 2. The van der Waals surface area contributed by atoms with Crippen molar-refractivity contribution in [1.82, 2.24) is 10.3 Å². The molecule has 1 N–H and O–H groups in total. The first-order chi connectivity index (χ1) is 18.6. The fourth-order valence-corrected chi connectivity index (χ4v) is 5.33. The Hall–Kier alpha value is -4.28. The Morgan fingerprint density at radius 1 is 0.947 bits per heavy atom. The van der Waals surface area contributed by atoms with E-state index in [0.717, 1.165) is 48.9 Å². The second-order valence-electron chi connectivity index (χ2n) is 9.12. The molecule has 0 saturated carbocycles. The zero-order valence-corrected chi connectivity index (χ0v) is 21.2. The third-order valence-electron chi connectivity index (χ3n) is 6.88. The van der Waals surface area contributed by atoms with E-state index in [1.807, 2.05) is 30.3 Å². The largest absolute Gasteiger partial charge is 0.459 e. The van der Waals surface area contributed by atoms with Crippen molar-refractivity contribution in [2.75, 3.05) is 36.1 Å². The van der Waals surface area contributed by atoms with Crippen LogP contribution >= 0.6 is 12.2 Å². The zero-order valence-electron chi connectivity index (χ0n) is 20.4. The number of ether oxygens (including phenoxy) is 1. The molecule has 2 aliphatic heterocycles. The Kier molecular flexibility index (Phi) is 6.48. The summed E-state index contributed by atoms with van der Waals surface area (Å²) in [5.41, 5.74) is 3.72. The Morgan fingerprint density at radius 2 is 1.68 bits per heavy atom. The Balaban J connectivity index is 1.35. The smallest absolute Gasteiger partial charge is 0.269 e. The van der Waals surface area contributed by atoms with Gasteiger partial charge in [0.05, 0.1) is 29.9 Å². The fourth-order valence-electron chi connectivity index (χ4n) is 4.98. The molecule has 2 fully saturated rings. The van der Waals surface area contributed by atoms with Crippen LogP contribution in [0.25, 0.3) is 11.3 Å². The summed E-state index contributed by atoms with van der Waals surface area (Å²) in [6.07, 6.45) is 1.77. The number of nitro benzene ring substituents is 1. The molecular formula is C28H25N5O4S. The average Bonchev–Trinajstić information content (AvgIpc) is 3.59. The highest BCUT2D eigenvalue weighted by Crippen LogP contribution is 2.43. The number of non-ortho nitro benzene ring substituents is 1. The first-order valence-corrected chi connectivity index (χ1v) is 12.8. The lowest BCUT2D eigenvalue weighted by Gasteiger charge is -2.30. The lowest BCUT2D eigenvalue weighted by atomic mass is 10.0. The number of hydrogen-bond acceptors (Lipinski definition) is 7. The summed E-state index contributed by atoms with van der Waals surface area (Å²) in [6.45, 7) is 3.19. The van der Waals surface area contributed by atoms with Crippen LogP contribution in [0.5, 0.6) is 0 Å². The number of pyridine rings is 1. The predicted octanol–water partition coefficient (Wildman–Crippen LogP) is 5.26. The fraction of sp³-hybridized carbons (Fsp3) is 0.214. The van der Waals surface area contributed by atoms with Crippen LogP contribution < -0.4 is 15.1 Å². The van der Waals surface area contributed by atoms with Crippen molar-refractivity contribution in [2.24, 2.45) is 0 Å². The highest BCUT2D eigenvalue weighted by atomic mass is 32.1. The minimum atomic E-state index is -0.415. The van der Waals surface area contributed by atoms with Crippen LogP contribution in [0.3, 0.4) is 0 Å². The predicted molar refractivity (Wildman–Crippen MR) is 148 cm³/mol. The molecule has 0 bridgehead atoms. The molecule has 6 rings (SSSR count). The molecule has 2 aromatic carbocycles. The van der Waals surface area contributed by atoms with Gasteiger partial charge in [-0.1, -0.05) is 6.07 Å². The number of furan rings is 1. The molecule has 2 saturated heterocycles. The Morgan fingerprint density at radius 3 is 2.37 bits per heavy atom. The van der Waals surface area contributed by atoms with Crippen molar-refractivity contribution < 1.29 is 14.1 Å². The van der Waals surface area contributed by atoms with Crippen LogP contribution in [0.15, 0.2) is 89.5 Å². The van der Waals surface area contributed by atoms with Gasteiger partial charge in [-0.25, -0.2) is 0 Å². The van der Waals surface area contributed by atoms with Crippen molar-refractivity contribution in [1.29, 1.82) is 0 Å². The second kappa shape index (κ2) is 10.2. The maximum absolute atomic E-state index is 11.1. The van der Waals surface area contributed by atoms with Crippen LogP contribution in [0, 0.1) is 10.1 Å². The van der Waals surface area contributed by atoms with Gasteiger partial charge in [0.25, 0.3) is 5.69 Å². The van der Waals surface area contributed by atoms with E-state index >= 15 is 0 Å². The molecule has 10 heteroatoms. The minimum Gasteiger partial charge on any atom is -0.459 e. The number of benzene rings is 2. The Labute approximate surface area is 224 Å². The zero-order chi connectivity index (χ0) is 26.1. The van der Waals surface area contributed by atoms with E-state index in [4.69, 9.17) is 21.4 Å². The first-order valence-electron chi connectivity index (χ1n) is 12.4. The topological polar surface area (TPSA) is 96.9 Å². The van der Waals surface area contributed by atoms with E-state index in [1.54, 1.807) is 18.3 Å². The Bertz CT molecular complexity index is 1440. The molecule has 0 amide bonds. The lowest BCUT2D eigenvalue weighted by Crippen LogP contribution is -2.36. The number of aromatic nitrogens is 1. The summed E-state index contributed by atoms with van der Waals surface area (Å²) in [5, 5.41) is 15.1. The van der Waals surface area contributed by atoms with Gasteiger partial charge >= 0.3 is 0 Å². The third-order valence-corrected chi connectivity index (χ3v) is 7.20. The summed E-state index contributed by atoms with van der Waals surface area (Å²) in [4.78, 5) is 19.6. The van der Waals surface area contributed by atoms with Gasteiger partial charge < -0.3 is 24.3 Å². The number of thiocarbonyl (C=S) groups is 1. The van der Waals surface area contributed by atoms with Crippen molar-refractivity contribution in [3.8, 4) is 11.3 Å². The molecule has 0 spiro atoms. The minimum absolute atomic E-state index is 0.0350. The molecule has 38 heavy (non-hydrogen) atoms. The molecule has 0 radical (unpaired) electrons. The van der Waals surface area contributed by atoms with Crippen LogP contribution in [-0.4, -0.2) is 41.3 Å². The monoisotopic (exact) mass is 527 g/mol. The van der Waals surface area contributed by atoms with Crippen molar-refractivity contribution in [2.45, 2.75) is 12.1 Å². The van der Waals surface area contributed by atoms with E-state index in [1.165, 1.54) is 12.1 Å². The van der Waals surface area contributed by atoms with Crippen molar-refractivity contribution in [3.63, 3.8) is 0 Å². The molecule has 0 unspecified atom stereocenters. The number of hydrogen-bond donors (Lipinski definition) is 1. The van der Waals surface area contributed by atoms with Gasteiger partial charge in [0.15, 0.2) is 5.11 Å². The van der Waals surface area contributed by atoms with Gasteiger partial charge in [-0.2, -0.15) is 0 Å². The lowest BCUT2D eigenvalue weighted by molar-refractivity contribution is -0.384. The number of morpholine rings is 1. The molecule has 2 aromatic heterocycles. The normalized spacial score (nSPS) is 19.4. The SMILES string of the molecule is O=[N+]([O-])c1ccc(-c2ccc([C@H]3[C@@H](c4ccccn4)NC(=S)N3c3ccc(N4CCOCC4)cc3)o2)cc1. The average molecular weight is 528 g/mol.